The Hall–Kier alpha value is -1.92. The summed E-state index contributed by atoms with van der Waals surface area (Å²) in [7, 11) is 1.37. The largest absolute Gasteiger partial charge is 0.465 e. The Bertz CT molecular complexity index is 626. The zero-order valence-electron chi connectivity index (χ0n) is 11.8. The summed E-state index contributed by atoms with van der Waals surface area (Å²) in [5.74, 6) is -0.363. The Labute approximate surface area is 133 Å². The molecule has 0 fully saturated rings. The van der Waals surface area contributed by atoms with E-state index in [9.17, 15) is 4.79 Å². The van der Waals surface area contributed by atoms with Gasteiger partial charge in [0.15, 0.2) is 5.11 Å². The summed E-state index contributed by atoms with van der Waals surface area (Å²) in [6, 6.07) is 11.7. The SMILES string of the molecule is CCN(C(=S)Nc1ccsc1C(=O)OC)c1ccccc1. The van der Waals surface area contributed by atoms with Crippen LogP contribution in [0.5, 0.6) is 0 Å². The standard InChI is InChI=1S/C15H16N2O2S2/c1-3-17(11-7-5-4-6-8-11)15(20)16-12-9-10-21-13(12)14(18)19-2/h4-10H,3H2,1-2H3,(H,16,20). The zero-order chi connectivity index (χ0) is 15.2. The minimum absolute atomic E-state index is 0.363. The molecule has 4 nitrogen and oxygen atoms in total. The number of benzene rings is 1. The van der Waals surface area contributed by atoms with Crippen LogP contribution in [0.4, 0.5) is 11.4 Å². The fourth-order valence-electron chi connectivity index (χ4n) is 1.89. The first-order valence-electron chi connectivity index (χ1n) is 6.46. The predicted molar refractivity (Wildman–Crippen MR) is 91.3 cm³/mol. The Morgan fingerprint density at radius 2 is 2.05 bits per heavy atom. The van der Waals surface area contributed by atoms with E-state index in [-0.39, 0.29) is 5.97 Å². The van der Waals surface area contributed by atoms with Crippen LogP contribution in [0.15, 0.2) is 41.8 Å². The lowest BCUT2D eigenvalue weighted by Crippen LogP contribution is -2.34. The fraction of sp³-hybridized carbons (Fsp3) is 0.200. The van der Waals surface area contributed by atoms with Crippen LogP contribution in [0.2, 0.25) is 0 Å². The van der Waals surface area contributed by atoms with Crippen molar-refractivity contribution in [2.45, 2.75) is 6.92 Å². The molecule has 0 spiro atoms. The molecule has 0 aliphatic rings. The van der Waals surface area contributed by atoms with Gasteiger partial charge in [-0.25, -0.2) is 4.79 Å². The van der Waals surface area contributed by atoms with Gasteiger partial charge in [-0.15, -0.1) is 11.3 Å². The molecule has 110 valence electrons. The molecule has 1 aromatic carbocycles. The number of hydrogen-bond acceptors (Lipinski definition) is 4. The van der Waals surface area contributed by atoms with Crippen molar-refractivity contribution in [1.29, 1.82) is 0 Å². The van der Waals surface area contributed by atoms with Crippen LogP contribution in [0.3, 0.4) is 0 Å². The van der Waals surface area contributed by atoms with Crippen molar-refractivity contribution in [3.05, 3.63) is 46.7 Å². The number of esters is 1. The number of hydrogen-bond donors (Lipinski definition) is 1. The summed E-state index contributed by atoms with van der Waals surface area (Å²) in [5, 5.41) is 5.50. The van der Waals surface area contributed by atoms with Crippen molar-refractivity contribution < 1.29 is 9.53 Å². The summed E-state index contributed by atoms with van der Waals surface area (Å²) in [5.41, 5.74) is 1.68. The van der Waals surface area contributed by atoms with Crippen LogP contribution in [0.25, 0.3) is 0 Å². The van der Waals surface area contributed by atoms with Crippen LogP contribution in [0, 0.1) is 0 Å². The molecule has 1 aromatic heterocycles. The molecule has 0 amide bonds. The Morgan fingerprint density at radius 1 is 1.33 bits per heavy atom. The molecule has 0 aliphatic carbocycles. The number of ether oxygens (including phenoxy) is 1. The van der Waals surface area contributed by atoms with Gasteiger partial charge >= 0.3 is 5.97 Å². The second-order valence-electron chi connectivity index (χ2n) is 4.16. The van der Waals surface area contributed by atoms with Crippen molar-refractivity contribution >= 4 is 46.0 Å². The fourth-order valence-corrected chi connectivity index (χ4v) is 3.00. The summed E-state index contributed by atoms with van der Waals surface area (Å²) < 4.78 is 4.76. The average molecular weight is 320 g/mol. The molecule has 0 atom stereocenters. The lowest BCUT2D eigenvalue weighted by Gasteiger charge is -2.24. The molecule has 21 heavy (non-hydrogen) atoms. The van der Waals surface area contributed by atoms with Gasteiger partial charge in [0.1, 0.15) is 4.88 Å². The summed E-state index contributed by atoms with van der Waals surface area (Å²) in [6.45, 7) is 2.75. The molecule has 0 aliphatic heterocycles. The molecule has 6 heteroatoms. The Morgan fingerprint density at radius 3 is 2.67 bits per heavy atom. The number of rotatable bonds is 4. The molecule has 0 bridgehead atoms. The number of nitrogens with zero attached hydrogens (tertiary/aromatic N) is 1. The Balaban J connectivity index is 2.17. The third kappa shape index (κ3) is 3.59. The minimum Gasteiger partial charge on any atom is -0.465 e. The summed E-state index contributed by atoms with van der Waals surface area (Å²) in [6.07, 6.45) is 0. The van der Waals surface area contributed by atoms with Crippen molar-refractivity contribution in [2.75, 3.05) is 23.9 Å². The topological polar surface area (TPSA) is 41.6 Å². The van der Waals surface area contributed by atoms with Crippen LogP contribution in [-0.4, -0.2) is 24.7 Å². The van der Waals surface area contributed by atoms with Gasteiger partial charge in [0, 0.05) is 12.2 Å². The highest BCUT2D eigenvalue weighted by molar-refractivity contribution is 7.80. The molecule has 2 rings (SSSR count). The van der Waals surface area contributed by atoms with Crippen LogP contribution in [0.1, 0.15) is 16.6 Å². The molecular formula is C15H16N2O2S2. The van der Waals surface area contributed by atoms with Crippen LogP contribution >= 0.6 is 23.6 Å². The molecule has 1 heterocycles. The number of thiocarbonyl (C=S) groups is 1. The maximum Gasteiger partial charge on any atom is 0.350 e. The first-order valence-corrected chi connectivity index (χ1v) is 7.75. The first kappa shape index (κ1) is 15.5. The van der Waals surface area contributed by atoms with E-state index in [1.807, 2.05) is 53.6 Å². The van der Waals surface area contributed by atoms with Gasteiger partial charge < -0.3 is 15.0 Å². The van der Waals surface area contributed by atoms with E-state index in [2.05, 4.69) is 5.32 Å². The lowest BCUT2D eigenvalue weighted by molar-refractivity contribution is 0.0607. The van der Waals surface area contributed by atoms with Gasteiger partial charge in [-0.1, -0.05) is 18.2 Å². The monoisotopic (exact) mass is 320 g/mol. The number of para-hydroxylation sites is 1. The van der Waals surface area contributed by atoms with Crippen molar-refractivity contribution in [3.63, 3.8) is 0 Å². The number of nitrogens with one attached hydrogen (secondary N) is 1. The molecule has 1 N–H and O–H groups in total. The van der Waals surface area contributed by atoms with Gasteiger partial charge in [0.25, 0.3) is 0 Å². The number of methoxy groups -OCH3 is 1. The normalized spacial score (nSPS) is 10.0. The van der Waals surface area contributed by atoms with E-state index in [4.69, 9.17) is 17.0 Å². The lowest BCUT2D eigenvalue weighted by atomic mass is 10.3. The number of thiophene rings is 1. The minimum atomic E-state index is -0.363. The van der Waals surface area contributed by atoms with Crippen molar-refractivity contribution in [1.82, 2.24) is 0 Å². The summed E-state index contributed by atoms with van der Waals surface area (Å²) in [4.78, 5) is 14.2. The predicted octanol–water partition coefficient (Wildman–Crippen LogP) is 3.76. The quantitative estimate of drug-likeness (QED) is 0.686. The van der Waals surface area contributed by atoms with E-state index >= 15 is 0 Å². The smallest absolute Gasteiger partial charge is 0.350 e. The van der Waals surface area contributed by atoms with E-state index in [0.29, 0.717) is 15.7 Å². The van der Waals surface area contributed by atoms with Gasteiger partial charge in [-0.3, -0.25) is 0 Å². The van der Waals surface area contributed by atoms with E-state index in [0.717, 1.165) is 12.2 Å². The highest BCUT2D eigenvalue weighted by Crippen LogP contribution is 2.24. The Kier molecular flexibility index (Phi) is 5.30. The molecule has 0 saturated carbocycles. The summed E-state index contributed by atoms with van der Waals surface area (Å²) >= 11 is 6.78. The van der Waals surface area contributed by atoms with Crippen molar-refractivity contribution in [2.24, 2.45) is 0 Å². The average Bonchev–Trinajstić information content (AvgIpc) is 2.96. The number of carbonyl (C=O) groups is 1. The number of carbonyl (C=O) groups excluding carboxylic acids is 1. The highest BCUT2D eigenvalue weighted by atomic mass is 32.1. The van der Waals surface area contributed by atoms with Crippen LogP contribution in [-0.2, 0) is 4.74 Å². The maximum atomic E-state index is 11.7. The molecular weight excluding hydrogens is 304 g/mol. The number of anilines is 2. The van der Waals surface area contributed by atoms with Gasteiger partial charge in [0.2, 0.25) is 0 Å². The van der Waals surface area contributed by atoms with Gasteiger partial charge in [-0.2, -0.15) is 0 Å². The van der Waals surface area contributed by atoms with Crippen LogP contribution < -0.4 is 10.2 Å². The second kappa shape index (κ2) is 7.19. The third-order valence-electron chi connectivity index (χ3n) is 2.91. The maximum absolute atomic E-state index is 11.7. The van der Waals surface area contributed by atoms with Gasteiger partial charge in [-0.05, 0) is 42.7 Å². The molecule has 0 radical (unpaired) electrons. The highest BCUT2D eigenvalue weighted by Gasteiger charge is 2.17. The van der Waals surface area contributed by atoms with E-state index in [1.54, 1.807) is 0 Å². The second-order valence-corrected chi connectivity index (χ2v) is 5.47. The molecule has 0 unspecified atom stereocenters. The molecule has 0 saturated heterocycles. The first-order chi connectivity index (χ1) is 10.2. The van der Waals surface area contributed by atoms with E-state index < -0.39 is 0 Å². The molecule has 2 aromatic rings. The van der Waals surface area contributed by atoms with E-state index in [1.165, 1.54) is 18.4 Å². The third-order valence-corrected chi connectivity index (χ3v) is 4.12. The van der Waals surface area contributed by atoms with Crippen molar-refractivity contribution in [3.8, 4) is 0 Å². The zero-order valence-corrected chi connectivity index (χ0v) is 13.5. The van der Waals surface area contributed by atoms with Gasteiger partial charge in [0.05, 0.1) is 12.8 Å².